The van der Waals surface area contributed by atoms with Crippen LogP contribution in [0.25, 0.3) is 5.69 Å². The van der Waals surface area contributed by atoms with Crippen LogP contribution in [0.15, 0.2) is 53.5 Å². The standard InChI is InChI=1S/C14H14N2O3/c1-15(19-2)14(18)11-8-9-13(17)16(10-11)12-6-4-3-5-7-12/h3-10H,1-2H3. The Morgan fingerprint density at radius 2 is 1.84 bits per heavy atom. The molecule has 0 aliphatic carbocycles. The molecule has 0 radical (unpaired) electrons. The number of aromatic nitrogens is 1. The van der Waals surface area contributed by atoms with Crippen molar-refractivity contribution in [3.63, 3.8) is 0 Å². The van der Waals surface area contributed by atoms with E-state index in [0.717, 1.165) is 5.06 Å². The van der Waals surface area contributed by atoms with Crippen LogP contribution in [0.3, 0.4) is 0 Å². The van der Waals surface area contributed by atoms with Gasteiger partial charge in [0.15, 0.2) is 0 Å². The largest absolute Gasteiger partial charge is 0.284 e. The predicted molar refractivity (Wildman–Crippen MR) is 71.1 cm³/mol. The van der Waals surface area contributed by atoms with Gasteiger partial charge in [0, 0.05) is 25.0 Å². The van der Waals surface area contributed by atoms with Crippen LogP contribution in [0.4, 0.5) is 0 Å². The first kappa shape index (κ1) is 13.0. The van der Waals surface area contributed by atoms with E-state index in [1.807, 2.05) is 18.2 Å². The van der Waals surface area contributed by atoms with Gasteiger partial charge in [-0.05, 0) is 18.2 Å². The zero-order chi connectivity index (χ0) is 13.8. The van der Waals surface area contributed by atoms with Gasteiger partial charge in [-0.25, -0.2) is 5.06 Å². The number of amides is 1. The first-order valence-electron chi connectivity index (χ1n) is 5.74. The van der Waals surface area contributed by atoms with Crippen molar-refractivity contribution in [3.8, 4) is 5.69 Å². The average Bonchev–Trinajstić information content (AvgIpc) is 2.47. The minimum atomic E-state index is -0.313. The zero-order valence-corrected chi connectivity index (χ0v) is 10.7. The molecule has 19 heavy (non-hydrogen) atoms. The Labute approximate surface area is 110 Å². The van der Waals surface area contributed by atoms with E-state index < -0.39 is 0 Å². The molecule has 0 unspecified atom stereocenters. The fourth-order valence-electron chi connectivity index (χ4n) is 1.67. The van der Waals surface area contributed by atoms with Crippen molar-refractivity contribution in [2.45, 2.75) is 0 Å². The van der Waals surface area contributed by atoms with Crippen LogP contribution in [0, 0.1) is 0 Å². The average molecular weight is 258 g/mol. The van der Waals surface area contributed by atoms with Crippen LogP contribution in [0.5, 0.6) is 0 Å². The molecule has 1 aromatic carbocycles. The van der Waals surface area contributed by atoms with Gasteiger partial charge >= 0.3 is 0 Å². The minimum Gasteiger partial charge on any atom is -0.284 e. The first-order chi connectivity index (χ1) is 9.13. The lowest BCUT2D eigenvalue weighted by Gasteiger charge is -2.14. The van der Waals surface area contributed by atoms with Gasteiger partial charge < -0.3 is 0 Å². The molecule has 0 fully saturated rings. The third-order valence-electron chi connectivity index (χ3n) is 2.75. The van der Waals surface area contributed by atoms with Crippen molar-refractivity contribution in [1.82, 2.24) is 9.63 Å². The molecule has 0 aliphatic rings. The number of para-hydroxylation sites is 1. The normalized spacial score (nSPS) is 10.2. The zero-order valence-electron chi connectivity index (χ0n) is 10.7. The molecule has 98 valence electrons. The third-order valence-corrected chi connectivity index (χ3v) is 2.75. The summed E-state index contributed by atoms with van der Waals surface area (Å²) in [4.78, 5) is 28.6. The number of hydrogen-bond acceptors (Lipinski definition) is 3. The van der Waals surface area contributed by atoms with Gasteiger partial charge in [-0.15, -0.1) is 0 Å². The maximum atomic E-state index is 12.0. The highest BCUT2D eigenvalue weighted by Gasteiger charge is 2.12. The predicted octanol–water partition coefficient (Wildman–Crippen LogP) is 1.47. The van der Waals surface area contributed by atoms with Crippen LogP contribution >= 0.6 is 0 Å². The second-order valence-electron chi connectivity index (χ2n) is 3.95. The molecule has 5 heteroatoms. The fraction of sp³-hybridized carbons (Fsp3) is 0.143. The summed E-state index contributed by atoms with van der Waals surface area (Å²) in [5.74, 6) is -0.313. The van der Waals surface area contributed by atoms with Gasteiger partial charge in [0.2, 0.25) is 0 Å². The molecule has 5 nitrogen and oxygen atoms in total. The summed E-state index contributed by atoms with van der Waals surface area (Å²) in [7, 11) is 2.92. The summed E-state index contributed by atoms with van der Waals surface area (Å²) in [6, 6.07) is 12.0. The molecule has 0 bridgehead atoms. The van der Waals surface area contributed by atoms with Gasteiger partial charge in [0.25, 0.3) is 11.5 Å². The van der Waals surface area contributed by atoms with Crippen molar-refractivity contribution in [2.75, 3.05) is 14.2 Å². The van der Waals surface area contributed by atoms with Gasteiger partial charge in [-0.1, -0.05) is 18.2 Å². The Balaban J connectivity index is 2.47. The van der Waals surface area contributed by atoms with Gasteiger partial charge in [-0.2, -0.15) is 0 Å². The minimum absolute atomic E-state index is 0.192. The monoisotopic (exact) mass is 258 g/mol. The van der Waals surface area contributed by atoms with Crippen LogP contribution < -0.4 is 5.56 Å². The number of rotatable bonds is 3. The topological polar surface area (TPSA) is 51.5 Å². The van der Waals surface area contributed by atoms with Gasteiger partial charge in [-0.3, -0.25) is 19.0 Å². The summed E-state index contributed by atoms with van der Waals surface area (Å²) < 4.78 is 1.43. The number of nitrogens with zero attached hydrogens (tertiary/aromatic N) is 2. The summed E-state index contributed by atoms with van der Waals surface area (Å²) in [6.45, 7) is 0. The van der Waals surface area contributed by atoms with E-state index in [9.17, 15) is 9.59 Å². The van der Waals surface area contributed by atoms with E-state index in [-0.39, 0.29) is 11.5 Å². The van der Waals surface area contributed by atoms with E-state index >= 15 is 0 Å². The molecule has 0 saturated heterocycles. The van der Waals surface area contributed by atoms with Gasteiger partial charge in [0.05, 0.1) is 12.7 Å². The summed E-state index contributed by atoms with van der Waals surface area (Å²) in [5.41, 5.74) is 0.901. The molecular formula is C14H14N2O3. The van der Waals surface area contributed by atoms with Crippen LogP contribution in [0.2, 0.25) is 0 Å². The van der Waals surface area contributed by atoms with Crippen LogP contribution in [-0.2, 0) is 4.84 Å². The highest BCUT2D eigenvalue weighted by molar-refractivity contribution is 5.93. The van der Waals surface area contributed by atoms with Crippen molar-refractivity contribution >= 4 is 5.91 Å². The smallest absolute Gasteiger partial charge is 0.278 e. The lowest BCUT2D eigenvalue weighted by molar-refractivity contribution is -0.0757. The van der Waals surface area contributed by atoms with E-state index in [4.69, 9.17) is 4.84 Å². The second-order valence-corrected chi connectivity index (χ2v) is 3.95. The van der Waals surface area contributed by atoms with Crippen LogP contribution in [-0.4, -0.2) is 29.7 Å². The highest BCUT2D eigenvalue weighted by Crippen LogP contribution is 2.07. The second kappa shape index (κ2) is 5.49. The Morgan fingerprint density at radius 3 is 2.47 bits per heavy atom. The Kier molecular flexibility index (Phi) is 3.77. The van der Waals surface area contributed by atoms with Crippen molar-refractivity contribution < 1.29 is 9.63 Å². The quantitative estimate of drug-likeness (QED) is 0.783. The third kappa shape index (κ3) is 2.71. The Hall–Kier alpha value is -2.40. The molecule has 1 amide bonds. The molecule has 2 aromatic rings. The van der Waals surface area contributed by atoms with E-state index in [2.05, 4.69) is 0 Å². The molecule has 0 saturated carbocycles. The molecule has 1 aromatic heterocycles. The Bertz CT molecular complexity index is 635. The number of carbonyl (C=O) groups excluding carboxylic acids is 1. The summed E-state index contributed by atoms with van der Waals surface area (Å²) in [5, 5.41) is 1.11. The maximum Gasteiger partial charge on any atom is 0.278 e. The lowest BCUT2D eigenvalue weighted by atomic mass is 10.2. The first-order valence-corrected chi connectivity index (χ1v) is 5.74. The lowest BCUT2D eigenvalue weighted by Crippen LogP contribution is -2.27. The fourth-order valence-corrected chi connectivity index (χ4v) is 1.67. The molecule has 0 N–H and O–H groups in total. The Morgan fingerprint density at radius 1 is 1.16 bits per heavy atom. The number of hydroxylamine groups is 2. The molecule has 1 heterocycles. The number of pyridine rings is 1. The summed E-state index contributed by atoms with van der Waals surface area (Å²) >= 11 is 0. The van der Waals surface area contributed by atoms with Crippen molar-refractivity contribution in [3.05, 3.63) is 64.6 Å². The number of hydrogen-bond donors (Lipinski definition) is 0. The van der Waals surface area contributed by atoms with E-state index in [1.165, 1.54) is 37.1 Å². The van der Waals surface area contributed by atoms with Crippen LogP contribution in [0.1, 0.15) is 10.4 Å². The van der Waals surface area contributed by atoms with Crippen molar-refractivity contribution in [2.24, 2.45) is 0 Å². The number of benzene rings is 1. The molecule has 0 spiro atoms. The molecule has 0 atom stereocenters. The molecular weight excluding hydrogens is 244 g/mol. The number of carbonyl (C=O) groups is 1. The summed E-state index contributed by atoms with van der Waals surface area (Å²) in [6.07, 6.45) is 1.51. The van der Waals surface area contributed by atoms with E-state index in [0.29, 0.717) is 11.3 Å². The molecule has 0 aliphatic heterocycles. The van der Waals surface area contributed by atoms with E-state index in [1.54, 1.807) is 12.1 Å². The molecule has 2 rings (SSSR count). The maximum absolute atomic E-state index is 12.0. The van der Waals surface area contributed by atoms with Crippen molar-refractivity contribution in [1.29, 1.82) is 0 Å². The SMILES string of the molecule is CON(C)C(=O)c1ccc(=O)n(-c2ccccc2)c1. The highest BCUT2D eigenvalue weighted by atomic mass is 16.7. The van der Waals surface area contributed by atoms with Gasteiger partial charge in [0.1, 0.15) is 0 Å².